The molecule has 0 saturated heterocycles. The summed E-state index contributed by atoms with van der Waals surface area (Å²) in [5.74, 6) is 0.336. The van der Waals surface area contributed by atoms with Crippen LogP contribution < -0.4 is 11.1 Å². The Morgan fingerprint density at radius 2 is 1.86 bits per heavy atom. The second-order valence-electron chi connectivity index (χ2n) is 6.45. The Balaban J connectivity index is 1.85. The molecule has 8 heteroatoms. The van der Waals surface area contributed by atoms with Crippen molar-refractivity contribution in [3.8, 4) is 11.3 Å². The summed E-state index contributed by atoms with van der Waals surface area (Å²) in [6.07, 6.45) is 0. The number of aromatic nitrogens is 2. The van der Waals surface area contributed by atoms with Gasteiger partial charge in [-0.05, 0) is 17.7 Å². The number of thiophene rings is 1. The fraction of sp³-hybridized carbons (Fsp3) is 0.0952. The second kappa shape index (κ2) is 7.99. The number of fused-ring (bicyclic) bond motifs is 1. The van der Waals surface area contributed by atoms with Gasteiger partial charge in [0.25, 0.3) is 0 Å². The van der Waals surface area contributed by atoms with E-state index in [2.05, 4.69) is 15.3 Å². The third-order valence-electron chi connectivity index (χ3n) is 4.39. The van der Waals surface area contributed by atoms with E-state index in [0.29, 0.717) is 49.0 Å². The Morgan fingerprint density at radius 1 is 1.10 bits per heavy atom. The van der Waals surface area contributed by atoms with Gasteiger partial charge in [-0.2, -0.15) is 0 Å². The number of nitrogens with two attached hydrogens (primary N) is 1. The van der Waals surface area contributed by atoms with Crippen molar-refractivity contribution in [3.05, 3.63) is 69.0 Å². The summed E-state index contributed by atoms with van der Waals surface area (Å²) in [5.41, 5.74) is 9.12. The van der Waals surface area contributed by atoms with Gasteiger partial charge in [0, 0.05) is 19.0 Å². The van der Waals surface area contributed by atoms with E-state index in [0.717, 1.165) is 11.1 Å². The molecule has 0 fully saturated rings. The third-order valence-corrected chi connectivity index (χ3v) is 6.33. The zero-order valence-electron chi connectivity index (χ0n) is 15.4. The minimum Gasteiger partial charge on any atom is -0.397 e. The van der Waals surface area contributed by atoms with Crippen LogP contribution in [0.25, 0.3) is 21.5 Å². The minimum absolute atomic E-state index is 0.107. The molecule has 2 aromatic carbocycles. The number of anilines is 2. The lowest BCUT2D eigenvalue weighted by Gasteiger charge is -2.10. The van der Waals surface area contributed by atoms with Gasteiger partial charge in [0.05, 0.1) is 31.7 Å². The van der Waals surface area contributed by atoms with Gasteiger partial charge in [0.15, 0.2) is 5.78 Å². The van der Waals surface area contributed by atoms with Crippen molar-refractivity contribution in [3.63, 3.8) is 0 Å². The first-order valence-electron chi connectivity index (χ1n) is 8.78. The summed E-state index contributed by atoms with van der Waals surface area (Å²) in [7, 11) is 0. The van der Waals surface area contributed by atoms with E-state index < -0.39 is 0 Å². The Bertz CT molecular complexity index is 1220. The van der Waals surface area contributed by atoms with Crippen molar-refractivity contribution in [2.45, 2.75) is 13.5 Å². The van der Waals surface area contributed by atoms with Crippen molar-refractivity contribution in [2.75, 3.05) is 11.1 Å². The van der Waals surface area contributed by atoms with E-state index in [1.807, 2.05) is 36.4 Å². The predicted octanol–water partition coefficient (Wildman–Crippen LogP) is 6.06. The van der Waals surface area contributed by atoms with Crippen molar-refractivity contribution >= 4 is 62.2 Å². The van der Waals surface area contributed by atoms with Gasteiger partial charge >= 0.3 is 0 Å². The molecule has 3 N–H and O–H groups in total. The van der Waals surface area contributed by atoms with Crippen molar-refractivity contribution in [2.24, 2.45) is 0 Å². The molecule has 0 saturated carbocycles. The highest BCUT2D eigenvalue weighted by Crippen LogP contribution is 2.40. The number of nitrogen functional groups attached to an aromatic ring is 1. The number of benzene rings is 2. The molecule has 146 valence electrons. The molecular weight excluding hydrogens is 427 g/mol. The molecule has 0 aliphatic carbocycles. The predicted molar refractivity (Wildman–Crippen MR) is 121 cm³/mol. The van der Waals surface area contributed by atoms with Crippen LogP contribution in [0.2, 0.25) is 10.0 Å². The maximum Gasteiger partial charge on any atom is 0.224 e. The summed E-state index contributed by atoms with van der Waals surface area (Å²) in [6, 6.07) is 15.2. The first-order chi connectivity index (χ1) is 13.9. The molecular formula is C21H16Cl2N4OS. The molecule has 29 heavy (non-hydrogen) atoms. The van der Waals surface area contributed by atoms with Gasteiger partial charge in [0.1, 0.15) is 4.83 Å². The van der Waals surface area contributed by atoms with E-state index >= 15 is 0 Å². The number of rotatable bonds is 5. The lowest BCUT2D eigenvalue weighted by molar-refractivity contribution is 0.102. The van der Waals surface area contributed by atoms with Gasteiger partial charge < -0.3 is 11.1 Å². The van der Waals surface area contributed by atoms with Crippen molar-refractivity contribution in [1.29, 1.82) is 0 Å². The zero-order valence-corrected chi connectivity index (χ0v) is 17.7. The second-order valence-corrected chi connectivity index (χ2v) is 8.26. The average molecular weight is 443 g/mol. The standard InChI is InChI=1S/C21H16Cl2N4OS/c1-11(28)19-17(24)16-18(13-7-8-14(22)15(23)9-13)26-21(27-20(16)29-19)25-10-12-5-3-2-4-6-12/h2-9H,10,24H2,1H3,(H,25,26,27). The zero-order chi connectivity index (χ0) is 20.5. The maximum atomic E-state index is 12.0. The molecule has 2 aromatic heterocycles. The van der Waals surface area contributed by atoms with Gasteiger partial charge in [-0.3, -0.25) is 4.79 Å². The smallest absolute Gasteiger partial charge is 0.224 e. The summed E-state index contributed by atoms with van der Waals surface area (Å²) >= 11 is 13.5. The van der Waals surface area contributed by atoms with Crippen LogP contribution in [0, 0.1) is 0 Å². The van der Waals surface area contributed by atoms with E-state index in [-0.39, 0.29) is 5.78 Å². The molecule has 0 bridgehead atoms. The molecule has 4 aromatic rings. The summed E-state index contributed by atoms with van der Waals surface area (Å²) in [4.78, 5) is 22.4. The van der Waals surface area contributed by atoms with Crippen LogP contribution in [-0.2, 0) is 6.54 Å². The quantitative estimate of drug-likeness (QED) is 0.367. The number of ketones is 1. The fourth-order valence-corrected chi connectivity index (χ4v) is 4.28. The van der Waals surface area contributed by atoms with Gasteiger partial charge in [-0.15, -0.1) is 11.3 Å². The fourth-order valence-electron chi connectivity index (χ4n) is 2.99. The number of carbonyl (C=O) groups excluding carboxylic acids is 1. The number of hydrogen-bond acceptors (Lipinski definition) is 6. The van der Waals surface area contributed by atoms with E-state index in [1.165, 1.54) is 18.3 Å². The van der Waals surface area contributed by atoms with E-state index in [4.69, 9.17) is 28.9 Å². The van der Waals surface area contributed by atoms with Crippen LogP contribution in [0.5, 0.6) is 0 Å². The van der Waals surface area contributed by atoms with Crippen LogP contribution >= 0.6 is 34.5 Å². The largest absolute Gasteiger partial charge is 0.397 e. The minimum atomic E-state index is -0.107. The number of nitrogens with zero attached hydrogens (tertiary/aromatic N) is 2. The Labute approximate surface area is 181 Å². The molecule has 0 atom stereocenters. The van der Waals surface area contributed by atoms with Gasteiger partial charge in [-0.1, -0.05) is 59.6 Å². The van der Waals surface area contributed by atoms with Crippen molar-refractivity contribution in [1.82, 2.24) is 9.97 Å². The van der Waals surface area contributed by atoms with Crippen LogP contribution in [0.3, 0.4) is 0 Å². The highest BCUT2D eigenvalue weighted by Gasteiger charge is 2.20. The van der Waals surface area contributed by atoms with Crippen LogP contribution in [0.1, 0.15) is 22.2 Å². The van der Waals surface area contributed by atoms with E-state index in [1.54, 1.807) is 12.1 Å². The molecule has 0 aliphatic heterocycles. The number of carbonyl (C=O) groups is 1. The van der Waals surface area contributed by atoms with Gasteiger partial charge in [0.2, 0.25) is 5.95 Å². The van der Waals surface area contributed by atoms with Gasteiger partial charge in [-0.25, -0.2) is 9.97 Å². The highest BCUT2D eigenvalue weighted by molar-refractivity contribution is 7.21. The van der Waals surface area contributed by atoms with Crippen LogP contribution in [-0.4, -0.2) is 15.8 Å². The maximum absolute atomic E-state index is 12.0. The number of halogens is 2. The molecule has 0 amide bonds. The first kappa shape index (κ1) is 19.6. The summed E-state index contributed by atoms with van der Waals surface area (Å²) in [6.45, 7) is 2.05. The molecule has 5 nitrogen and oxygen atoms in total. The molecule has 0 aliphatic rings. The normalized spacial score (nSPS) is 11.0. The van der Waals surface area contributed by atoms with Crippen LogP contribution in [0.15, 0.2) is 48.5 Å². The molecule has 4 rings (SSSR count). The molecule has 0 unspecified atom stereocenters. The Morgan fingerprint density at radius 3 is 2.55 bits per heavy atom. The third kappa shape index (κ3) is 3.92. The monoisotopic (exact) mass is 442 g/mol. The lowest BCUT2D eigenvalue weighted by atomic mass is 10.1. The Kier molecular flexibility index (Phi) is 5.41. The molecule has 0 radical (unpaired) electrons. The average Bonchev–Trinajstić information content (AvgIpc) is 3.05. The number of hydrogen-bond donors (Lipinski definition) is 2. The highest BCUT2D eigenvalue weighted by atomic mass is 35.5. The SMILES string of the molecule is CC(=O)c1sc2nc(NCc3ccccc3)nc(-c3ccc(Cl)c(Cl)c3)c2c1N. The lowest BCUT2D eigenvalue weighted by Crippen LogP contribution is -2.04. The van der Waals surface area contributed by atoms with Crippen molar-refractivity contribution < 1.29 is 4.79 Å². The number of Topliss-reactive ketones (excluding diaryl/α,β-unsaturated/α-hetero) is 1. The van der Waals surface area contributed by atoms with Crippen LogP contribution in [0.4, 0.5) is 11.6 Å². The summed E-state index contributed by atoms with van der Waals surface area (Å²) < 4.78 is 0. The molecule has 2 heterocycles. The topological polar surface area (TPSA) is 80.9 Å². The Hall–Kier alpha value is -2.67. The molecule has 0 spiro atoms. The first-order valence-corrected chi connectivity index (χ1v) is 10.4. The van der Waals surface area contributed by atoms with E-state index in [9.17, 15) is 4.79 Å². The summed E-state index contributed by atoms with van der Waals surface area (Å²) in [5, 5.41) is 4.75. The number of nitrogens with one attached hydrogen (secondary N) is 1.